The topological polar surface area (TPSA) is 69.0 Å². The highest BCUT2D eigenvalue weighted by Gasteiger charge is 2.18. The molecule has 5 heteroatoms. The lowest BCUT2D eigenvalue weighted by Gasteiger charge is -2.29. The Bertz CT molecular complexity index is 494. The molecule has 19 heavy (non-hydrogen) atoms. The third-order valence-corrected chi connectivity index (χ3v) is 3.46. The van der Waals surface area contributed by atoms with E-state index in [4.69, 9.17) is 5.26 Å². The van der Waals surface area contributed by atoms with Crippen molar-refractivity contribution in [3.05, 3.63) is 29.6 Å². The van der Waals surface area contributed by atoms with Gasteiger partial charge in [0.05, 0.1) is 11.1 Å². The lowest BCUT2D eigenvalue weighted by atomic mass is 9.98. The Balaban J connectivity index is 1.92. The fourth-order valence-electron chi connectivity index (χ4n) is 2.44. The van der Waals surface area contributed by atoms with Gasteiger partial charge in [-0.15, -0.1) is 0 Å². The molecule has 2 rings (SSSR count). The summed E-state index contributed by atoms with van der Waals surface area (Å²) >= 11 is 0. The highest BCUT2D eigenvalue weighted by molar-refractivity contribution is 5.96. The fraction of sp³-hybridized carbons (Fsp3) is 0.500. The SMILES string of the molecule is CN1CCCC(CNC(=O)c2cnccc2C#N)C1. The van der Waals surface area contributed by atoms with Crippen molar-refractivity contribution in [2.45, 2.75) is 12.8 Å². The molecule has 0 saturated carbocycles. The molecule has 1 aliphatic heterocycles. The molecule has 0 aromatic carbocycles. The van der Waals surface area contributed by atoms with E-state index < -0.39 is 0 Å². The highest BCUT2D eigenvalue weighted by atomic mass is 16.1. The van der Waals surface area contributed by atoms with E-state index in [1.165, 1.54) is 18.8 Å². The first kappa shape index (κ1) is 13.5. The summed E-state index contributed by atoms with van der Waals surface area (Å²) in [4.78, 5) is 18.2. The number of amides is 1. The number of piperidine rings is 1. The second-order valence-electron chi connectivity index (χ2n) is 5.01. The van der Waals surface area contributed by atoms with E-state index in [1.54, 1.807) is 6.07 Å². The van der Waals surface area contributed by atoms with Crippen LogP contribution in [-0.4, -0.2) is 42.5 Å². The predicted molar refractivity (Wildman–Crippen MR) is 71.5 cm³/mol. The van der Waals surface area contributed by atoms with Crippen LogP contribution in [0.4, 0.5) is 0 Å². The smallest absolute Gasteiger partial charge is 0.254 e. The van der Waals surface area contributed by atoms with Gasteiger partial charge in [-0.05, 0) is 38.4 Å². The number of nitrogens with one attached hydrogen (secondary N) is 1. The molecule has 0 aliphatic carbocycles. The van der Waals surface area contributed by atoms with Gasteiger partial charge in [0.2, 0.25) is 0 Å². The number of rotatable bonds is 3. The van der Waals surface area contributed by atoms with Crippen molar-refractivity contribution in [3.63, 3.8) is 0 Å². The van der Waals surface area contributed by atoms with E-state index in [0.717, 1.165) is 19.5 Å². The van der Waals surface area contributed by atoms with Gasteiger partial charge in [-0.25, -0.2) is 0 Å². The molecular formula is C14H18N4O. The Labute approximate surface area is 113 Å². The quantitative estimate of drug-likeness (QED) is 0.879. The van der Waals surface area contributed by atoms with Crippen molar-refractivity contribution in [1.29, 1.82) is 5.26 Å². The van der Waals surface area contributed by atoms with Crippen LogP contribution < -0.4 is 5.32 Å². The third kappa shape index (κ3) is 3.52. The van der Waals surface area contributed by atoms with Gasteiger partial charge in [0.25, 0.3) is 5.91 Å². The molecule has 1 saturated heterocycles. The maximum Gasteiger partial charge on any atom is 0.254 e. The number of carbonyl (C=O) groups excluding carboxylic acids is 1. The third-order valence-electron chi connectivity index (χ3n) is 3.46. The van der Waals surface area contributed by atoms with Crippen LogP contribution in [0.15, 0.2) is 18.5 Å². The van der Waals surface area contributed by atoms with Gasteiger partial charge in [0, 0.05) is 25.5 Å². The van der Waals surface area contributed by atoms with Crippen molar-refractivity contribution in [3.8, 4) is 6.07 Å². The predicted octanol–water partition coefficient (Wildman–Crippen LogP) is 1.02. The minimum absolute atomic E-state index is 0.210. The number of pyridine rings is 1. The Kier molecular flexibility index (Phi) is 4.48. The van der Waals surface area contributed by atoms with E-state index >= 15 is 0 Å². The zero-order valence-electron chi connectivity index (χ0n) is 11.1. The number of aromatic nitrogens is 1. The van der Waals surface area contributed by atoms with Gasteiger partial charge in [-0.1, -0.05) is 0 Å². The summed E-state index contributed by atoms with van der Waals surface area (Å²) < 4.78 is 0. The summed E-state index contributed by atoms with van der Waals surface area (Å²) in [5.41, 5.74) is 0.724. The van der Waals surface area contributed by atoms with Crippen LogP contribution in [0.25, 0.3) is 0 Å². The van der Waals surface area contributed by atoms with E-state index in [0.29, 0.717) is 23.6 Å². The zero-order valence-corrected chi connectivity index (χ0v) is 11.1. The summed E-state index contributed by atoms with van der Waals surface area (Å²) in [7, 11) is 2.10. The molecule has 1 aromatic rings. The van der Waals surface area contributed by atoms with Crippen LogP contribution >= 0.6 is 0 Å². The molecule has 1 aliphatic rings. The molecule has 0 radical (unpaired) electrons. The Morgan fingerprint density at radius 2 is 2.53 bits per heavy atom. The number of nitrogens with zero attached hydrogens (tertiary/aromatic N) is 3. The average Bonchev–Trinajstić information content (AvgIpc) is 2.45. The summed E-state index contributed by atoms with van der Waals surface area (Å²) in [6.45, 7) is 2.80. The van der Waals surface area contributed by atoms with Crippen molar-refractivity contribution in [2.75, 3.05) is 26.7 Å². The van der Waals surface area contributed by atoms with E-state index in [-0.39, 0.29) is 5.91 Å². The average molecular weight is 258 g/mol. The minimum Gasteiger partial charge on any atom is -0.352 e. The van der Waals surface area contributed by atoms with Gasteiger partial charge in [0.1, 0.15) is 6.07 Å². The molecule has 1 unspecified atom stereocenters. The van der Waals surface area contributed by atoms with Crippen LogP contribution in [0.2, 0.25) is 0 Å². The number of hydrogen-bond acceptors (Lipinski definition) is 4. The van der Waals surface area contributed by atoms with Gasteiger partial charge in [0.15, 0.2) is 0 Å². The van der Waals surface area contributed by atoms with Gasteiger partial charge < -0.3 is 10.2 Å². The Hall–Kier alpha value is -1.93. The number of carbonyl (C=O) groups is 1. The number of nitriles is 1. The Morgan fingerprint density at radius 3 is 3.26 bits per heavy atom. The molecule has 1 atom stereocenters. The zero-order chi connectivity index (χ0) is 13.7. The summed E-state index contributed by atoms with van der Waals surface area (Å²) in [6, 6.07) is 3.57. The molecule has 1 N–H and O–H groups in total. The maximum absolute atomic E-state index is 12.0. The molecule has 100 valence electrons. The second-order valence-corrected chi connectivity index (χ2v) is 5.01. The monoisotopic (exact) mass is 258 g/mol. The van der Waals surface area contributed by atoms with Crippen LogP contribution in [0.1, 0.15) is 28.8 Å². The summed E-state index contributed by atoms with van der Waals surface area (Å²) in [6.07, 6.45) is 5.28. The first-order valence-corrected chi connectivity index (χ1v) is 6.51. The molecular weight excluding hydrogens is 240 g/mol. The number of hydrogen-bond donors (Lipinski definition) is 1. The first-order valence-electron chi connectivity index (χ1n) is 6.51. The maximum atomic E-state index is 12.0. The molecule has 1 aromatic heterocycles. The molecule has 2 heterocycles. The fourth-order valence-corrected chi connectivity index (χ4v) is 2.44. The van der Waals surface area contributed by atoms with Crippen molar-refractivity contribution < 1.29 is 4.79 Å². The molecule has 0 spiro atoms. The van der Waals surface area contributed by atoms with E-state index in [2.05, 4.69) is 22.2 Å². The van der Waals surface area contributed by atoms with Crippen molar-refractivity contribution >= 4 is 5.91 Å². The summed E-state index contributed by atoms with van der Waals surface area (Å²) in [5, 5.41) is 11.9. The van der Waals surface area contributed by atoms with Gasteiger partial charge >= 0.3 is 0 Å². The Morgan fingerprint density at radius 1 is 1.68 bits per heavy atom. The first-order chi connectivity index (χ1) is 9.20. The number of likely N-dealkylation sites (tertiary alicyclic amines) is 1. The van der Waals surface area contributed by atoms with Gasteiger partial charge in [-0.2, -0.15) is 5.26 Å². The van der Waals surface area contributed by atoms with E-state index in [9.17, 15) is 4.79 Å². The molecule has 1 fully saturated rings. The van der Waals surface area contributed by atoms with E-state index in [1.807, 2.05) is 6.07 Å². The molecule has 1 amide bonds. The van der Waals surface area contributed by atoms with Crippen LogP contribution in [-0.2, 0) is 0 Å². The molecule has 0 bridgehead atoms. The van der Waals surface area contributed by atoms with Gasteiger partial charge in [-0.3, -0.25) is 9.78 Å². The summed E-state index contributed by atoms with van der Waals surface area (Å²) in [5.74, 6) is 0.280. The lowest BCUT2D eigenvalue weighted by molar-refractivity contribution is 0.0936. The normalized spacial score (nSPS) is 19.7. The largest absolute Gasteiger partial charge is 0.352 e. The lowest BCUT2D eigenvalue weighted by Crippen LogP contribution is -2.39. The second kappa shape index (κ2) is 6.30. The molecule has 5 nitrogen and oxygen atoms in total. The van der Waals surface area contributed by atoms with Crippen LogP contribution in [0, 0.1) is 17.2 Å². The van der Waals surface area contributed by atoms with Crippen LogP contribution in [0.3, 0.4) is 0 Å². The van der Waals surface area contributed by atoms with Crippen molar-refractivity contribution in [2.24, 2.45) is 5.92 Å². The van der Waals surface area contributed by atoms with Crippen molar-refractivity contribution in [1.82, 2.24) is 15.2 Å². The minimum atomic E-state index is -0.210. The highest BCUT2D eigenvalue weighted by Crippen LogP contribution is 2.14. The van der Waals surface area contributed by atoms with Crippen LogP contribution in [0.5, 0.6) is 0 Å². The standard InChI is InChI=1S/C14H18N4O/c1-18-6-2-3-11(10-18)8-17-14(19)13-9-16-5-4-12(13)7-15/h4-5,9,11H,2-3,6,8,10H2,1H3,(H,17,19).